The van der Waals surface area contributed by atoms with Gasteiger partial charge in [-0.15, -0.1) is 0 Å². The summed E-state index contributed by atoms with van der Waals surface area (Å²) in [7, 11) is 3.14. The van der Waals surface area contributed by atoms with Crippen LogP contribution in [0.5, 0.6) is 11.5 Å². The molecule has 1 fully saturated rings. The Morgan fingerprint density at radius 3 is 2.14 bits per heavy atom. The number of ketones is 1. The summed E-state index contributed by atoms with van der Waals surface area (Å²) in [6.07, 6.45) is 0. The fraction of sp³-hybridized carbons (Fsp3) is 0.318. The maximum Gasteiger partial charge on any atom is 0.318 e. The minimum Gasteiger partial charge on any atom is -0.496 e. The van der Waals surface area contributed by atoms with Crippen LogP contribution < -0.4 is 9.47 Å². The first-order valence-corrected chi connectivity index (χ1v) is 9.13. The monoisotopic (exact) mass is 378 g/mol. The predicted octanol–water partition coefficient (Wildman–Crippen LogP) is 2.81. The van der Waals surface area contributed by atoms with E-state index in [1.807, 2.05) is 18.2 Å². The van der Waals surface area contributed by atoms with Crippen molar-refractivity contribution in [2.45, 2.75) is 18.8 Å². The molecule has 0 saturated carbocycles. The minimum absolute atomic E-state index is 0.0925. The second-order valence-electron chi connectivity index (χ2n) is 7.41. The molecular weight excluding hydrogens is 360 g/mol. The van der Waals surface area contributed by atoms with Crippen LogP contribution in [0.3, 0.4) is 0 Å². The number of methoxy groups -OCH3 is 2. The van der Waals surface area contributed by atoms with Gasteiger partial charge in [-0.3, -0.25) is 14.4 Å². The lowest BCUT2D eigenvalue weighted by Gasteiger charge is -2.46. The SMILES string of the molecule is COc1cccc2c1[C@@H]1c3c(OC)ccc(C(C)=O)c3[C@H]2[C@H]2C(=O)OC(=O)[C@@H]12. The molecule has 1 aliphatic heterocycles. The Morgan fingerprint density at radius 1 is 0.857 bits per heavy atom. The number of ether oxygens (including phenoxy) is 3. The number of hydrogen-bond donors (Lipinski definition) is 0. The van der Waals surface area contributed by atoms with Crippen molar-refractivity contribution in [1.82, 2.24) is 0 Å². The largest absolute Gasteiger partial charge is 0.496 e. The van der Waals surface area contributed by atoms with E-state index in [1.54, 1.807) is 26.4 Å². The van der Waals surface area contributed by atoms with Gasteiger partial charge in [0.1, 0.15) is 11.5 Å². The summed E-state index contributed by atoms with van der Waals surface area (Å²) in [4.78, 5) is 37.7. The van der Waals surface area contributed by atoms with Crippen LogP contribution in [-0.2, 0) is 14.3 Å². The maximum absolute atomic E-state index is 12.7. The Morgan fingerprint density at radius 2 is 1.50 bits per heavy atom. The Kier molecular flexibility index (Phi) is 3.44. The standard InChI is InChI=1S/C22H18O6/c1-9(23)10-7-8-13(27-3)17-15(10)16-11-5-4-6-12(26-2)14(11)18(17)20-19(16)21(24)28-22(20)25/h4-8,16,18-20H,1-3H3/t16-,18+,19+,20-/m0/s1. The zero-order valence-corrected chi connectivity index (χ0v) is 15.6. The molecule has 0 amide bonds. The fourth-order valence-corrected chi connectivity index (χ4v) is 5.35. The molecule has 6 rings (SSSR count). The van der Waals surface area contributed by atoms with Crippen molar-refractivity contribution >= 4 is 17.7 Å². The molecule has 1 saturated heterocycles. The van der Waals surface area contributed by atoms with E-state index in [4.69, 9.17) is 14.2 Å². The second-order valence-corrected chi connectivity index (χ2v) is 7.41. The summed E-state index contributed by atoms with van der Waals surface area (Å²) in [5, 5.41) is 0. The molecular formula is C22H18O6. The Hall–Kier alpha value is -3.15. The third-order valence-electron chi connectivity index (χ3n) is 6.28. The lowest BCUT2D eigenvalue weighted by molar-refractivity contribution is -0.153. The molecule has 6 nitrogen and oxygen atoms in total. The van der Waals surface area contributed by atoms with E-state index < -0.39 is 35.6 Å². The number of cyclic esters (lactones) is 2. The van der Waals surface area contributed by atoms with Gasteiger partial charge in [0.25, 0.3) is 0 Å². The van der Waals surface area contributed by atoms with Gasteiger partial charge in [0.05, 0.1) is 26.1 Å². The number of hydrogen-bond acceptors (Lipinski definition) is 6. The van der Waals surface area contributed by atoms with Crippen LogP contribution in [0.4, 0.5) is 0 Å². The zero-order chi connectivity index (χ0) is 19.7. The smallest absolute Gasteiger partial charge is 0.318 e. The van der Waals surface area contributed by atoms with Gasteiger partial charge in [0.15, 0.2) is 5.78 Å². The molecule has 142 valence electrons. The molecule has 2 aromatic rings. The molecule has 0 radical (unpaired) electrons. The first-order chi connectivity index (χ1) is 13.5. The summed E-state index contributed by atoms with van der Waals surface area (Å²) in [5.41, 5.74) is 3.87. The first-order valence-electron chi connectivity index (χ1n) is 9.13. The normalized spacial score (nSPS) is 26.2. The Balaban J connectivity index is 1.93. The van der Waals surface area contributed by atoms with E-state index in [0.717, 1.165) is 22.3 Å². The van der Waals surface area contributed by atoms with Gasteiger partial charge < -0.3 is 14.2 Å². The van der Waals surface area contributed by atoms with E-state index in [1.165, 1.54) is 6.92 Å². The summed E-state index contributed by atoms with van der Waals surface area (Å²) in [6, 6.07) is 9.13. The molecule has 1 heterocycles. The van der Waals surface area contributed by atoms with Crippen molar-refractivity contribution in [2.75, 3.05) is 14.2 Å². The van der Waals surface area contributed by atoms with Crippen LogP contribution >= 0.6 is 0 Å². The molecule has 4 atom stereocenters. The molecule has 6 heteroatoms. The predicted molar refractivity (Wildman–Crippen MR) is 97.8 cm³/mol. The average Bonchev–Trinajstić information content (AvgIpc) is 3.01. The summed E-state index contributed by atoms with van der Waals surface area (Å²) < 4.78 is 16.3. The fourth-order valence-electron chi connectivity index (χ4n) is 5.35. The van der Waals surface area contributed by atoms with Crippen molar-refractivity contribution in [3.8, 4) is 11.5 Å². The van der Waals surface area contributed by atoms with Crippen molar-refractivity contribution in [1.29, 1.82) is 0 Å². The van der Waals surface area contributed by atoms with E-state index >= 15 is 0 Å². The van der Waals surface area contributed by atoms with Crippen LogP contribution in [0, 0.1) is 11.8 Å². The van der Waals surface area contributed by atoms with Gasteiger partial charge in [-0.05, 0) is 36.2 Å². The lowest BCUT2D eigenvalue weighted by Crippen LogP contribution is -2.42. The zero-order valence-electron chi connectivity index (χ0n) is 15.6. The number of rotatable bonds is 3. The number of Topliss-reactive ketones (excluding diaryl/α,β-unsaturated/α-hetero) is 1. The van der Waals surface area contributed by atoms with Crippen molar-refractivity contribution in [3.63, 3.8) is 0 Å². The van der Waals surface area contributed by atoms with Crippen LogP contribution in [0.15, 0.2) is 30.3 Å². The molecule has 0 spiro atoms. The van der Waals surface area contributed by atoms with Crippen molar-refractivity contribution < 1.29 is 28.6 Å². The highest BCUT2D eigenvalue weighted by Crippen LogP contribution is 2.64. The number of carbonyl (C=O) groups excluding carboxylic acids is 3. The van der Waals surface area contributed by atoms with Gasteiger partial charge in [0.2, 0.25) is 0 Å². The van der Waals surface area contributed by atoms with Crippen LogP contribution in [0.2, 0.25) is 0 Å². The number of carbonyl (C=O) groups is 3. The molecule has 28 heavy (non-hydrogen) atoms. The quantitative estimate of drug-likeness (QED) is 0.464. The van der Waals surface area contributed by atoms with Gasteiger partial charge in [-0.2, -0.15) is 0 Å². The van der Waals surface area contributed by atoms with Gasteiger partial charge in [0, 0.05) is 28.5 Å². The maximum atomic E-state index is 12.7. The Labute approximate surface area is 161 Å². The van der Waals surface area contributed by atoms with Gasteiger partial charge in [-0.1, -0.05) is 12.1 Å². The third-order valence-corrected chi connectivity index (χ3v) is 6.28. The molecule has 2 aromatic carbocycles. The van der Waals surface area contributed by atoms with E-state index in [2.05, 4.69) is 0 Å². The van der Waals surface area contributed by atoms with E-state index in [9.17, 15) is 14.4 Å². The summed E-state index contributed by atoms with van der Waals surface area (Å²) in [6.45, 7) is 1.51. The third kappa shape index (κ3) is 1.90. The highest BCUT2D eigenvalue weighted by Gasteiger charge is 2.62. The van der Waals surface area contributed by atoms with Gasteiger partial charge >= 0.3 is 11.9 Å². The molecule has 0 unspecified atom stereocenters. The van der Waals surface area contributed by atoms with E-state index in [-0.39, 0.29) is 5.78 Å². The second kappa shape index (κ2) is 5.67. The highest BCUT2D eigenvalue weighted by molar-refractivity contribution is 6.03. The lowest BCUT2D eigenvalue weighted by atomic mass is 9.53. The molecule has 0 N–H and O–H groups in total. The van der Waals surface area contributed by atoms with Crippen molar-refractivity contribution in [3.05, 3.63) is 58.1 Å². The molecule has 3 aliphatic carbocycles. The molecule has 2 bridgehead atoms. The van der Waals surface area contributed by atoms with Crippen LogP contribution in [0.1, 0.15) is 51.4 Å². The molecule has 0 aromatic heterocycles. The summed E-state index contributed by atoms with van der Waals surface area (Å²) >= 11 is 0. The number of esters is 2. The van der Waals surface area contributed by atoms with Crippen LogP contribution in [0.25, 0.3) is 0 Å². The summed E-state index contributed by atoms with van der Waals surface area (Å²) in [5.74, 6) is -2.11. The van der Waals surface area contributed by atoms with Crippen LogP contribution in [-0.4, -0.2) is 31.9 Å². The molecule has 4 aliphatic rings. The van der Waals surface area contributed by atoms with Crippen molar-refractivity contribution in [2.24, 2.45) is 11.8 Å². The first kappa shape index (κ1) is 17.0. The minimum atomic E-state index is -0.648. The average molecular weight is 378 g/mol. The Bertz CT molecular complexity index is 1070. The van der Waals surface area contributed by atoms with E-state index in [0.29, 0.717) is 17.1 Å². The topological polar surface area (TPSA) is 78.9 Å². The highest BCUT2D eigenvalue weighted by atomic mass is 16.6. The number of benzene rings is 2. The van der Waals surface area contributed by atoms with Gasteiger partial charge in [-0.25, -0.2) is 0 Å².